The minimum atomic E-state index is -0.479. The molecule has 0 aromatic heterocycles. The monoisotopic (exact) mass is 318 g/mol. The molecule has 0 radical (unpaired) electrons. The number of ether oxygens (including phenoxy) is 1. The molecule has 0 amide bonds. The van der Waals surface area contributed by atoms with Crippen LogP contribution in [0.2, 0.25) is 0 Å². The largest absolute Gasteiger partial charge is 0.468 e. The molecule has 1 aliphatic rings. The van der Waals surface area contributed by atoms with Gasteiger partial charge in [0.2, 0.25) is 0 Å². The Morgan fingerprint density at radius 3 is 2.30 bits per heavy atom. The van der Waals surface area contributed by atoms with E-state index in [1.807, 2.05) is 0 Å². The predicted octanol–water partition coefficient (Wildman–Crippen LogP) is 2.70. The molecule has 1 saturated heterocycles. The number of likely N-dealkylation sites (tertiary alicyclic amines) is 1. The Morgan fingerprint density at radius 2 is 1.83 bits per heavy atom. The molecule has 0 spiro atoms. The molecule has 2 rings (SSSR count). The average molecular weight is 318 g/mol. The van der Waals surface area contributed by atoms with Crippen molar-refractivity contribution in [2.24, 2.45) is 11.7 Å². The second kappa shape index (κ2) is 7.45. The van der Waals surface area contributed by atoms with Gasteiger partial charge in [-0.25, -0.2) is 0 Å². The Morgan fingerprint density at radius 1 is 1.26 bits per heavy atom. The summed E-state index contributed by atoms with van der Waals surface area (Å²) >= 11 is 0. The van der Waals surface area contributed by atoms with Crippen LogP contribution in [0.4, 0.5) is 0 Å². The summed E-state index contributed by atoms with van der Waals surface area (Å²) in [6.07, 6.45) is 1.91. The third-order valence-electron chi connectivity index (χ3n) is 4.84. The van der Waals surface area contributed by atoms with Gasteiger partial charge in [-0.15, -0.1) is 0 Å². The maximum absolute atomic E-state index is 11.5. The van der Waals surface area contributed by atoms with Crippen LogP contribution in [-0.4, -0.2) is 37.1 Å². The van der Waals surface area contributed by atoms with Crippen LogP contribution in [0.5, 0.6) is 0 Å². The first kappa shape index (κ1) is 18.0. The van der Waals surface area contributed by atoms with Crippen LogP contribution in [0.1, 0.15) is 44.7 Å². The lowest BCUT2D eigenvalue weighted by molar-refractivity contribution is -0.144. The lowest BCUT2D eigenvalue weighted by Gasteiger charge is -2.33. The molecule has 0 saturated carbocycles. The smallest absolute Gasteiger partial charge is 0.322 e. The van der Waals surface area contributed by atoms with Gasteiger partial charge in [0, 0.05) is 6.54 Å². The molecule has 0 aliphatic carbocycles. The van der Waals surface area contributed by atoms with Crippen LogP contribution in [0, 0.1) is 5.92 Å². The molecule has 1 aliphatic heterocycles. The highest BCUT2D eigenvalue weighted by atomic mass is 16.5. The van der Waals surface area contributed by atoms with Crippen LogP contribution in [0.15, 0.2) is 24.3 Å². The molecule has 1 aromatic rings. The van der Waals surface area contributed by atoms with Crippen molar-refractivity contribution in [3.05, 3.63) is 35.4 Å². The molecule has 1 heterocycles. The number of hydrogen-bond donors (Lipinski definition) is 1. The van der Waals surface area contributed by atoms with E-state index in [2.05, 4.69) is 49.9 Å². The van der Waals surface area contributed by atoms with Crippen molar-refractivity contribution in [3.63, 3.8) is 0 Å². The van der Waals surface area contributed by atoms with Gasteiger partial charge in [-0.3, -0.25) is 9.69 Å². The van der Waals surface area contributed by atoms with E-state index in [9.17, 15) is 4.79 Å². The maximum atomic E-state index is 11.5. The van der Waals surface area contributed by atoms with E-state index in [1.54, 1.807) is 0 Å². The molecule has 1 unspecified atom stereocenters. The van der Waals surface area contributed by atoms with Gasteiger partial charge in [0.1, 0.15) is 6.04 Å². The number of carbonyl (C=O) groups excluding carboxylic acids is 1. The summed E-state index contributed by atoms with van der Waals surface area (Å²) in [6, 6.07) is 8.44. The van der Waals surface area contributed by atoms with Crippen molar-refractivity contribution in [2.75, 3.05) is 20.2 Å². The summed E-state index contributed by atoms with van der Waals surface area (Å²) in [7, 11) is 1.40. The number of nitrogens with zero attached hydrogens (tertiary/aromatic N) is 1. The number of nitrogens with two attached hydrogens (primary N) is 1. The van der Waals surface area contributed by atoms with Crippen molar-refractivity contribution in [3.8, 4) is 0 Å². The number of piperidine rings is 1. The van der Waals surface area contributed by atoms with Crippen LogP contribution >= 0.6 is 0 Å². The zero-order valence-electron chi connectivity index (χ0n) is 14.8. The van der Waals surface area contributed by atoms with Crippen molar-refractivity contribution in [1.82, 2.24) is 4.90 Å². The fourth-order valence-electron chi connectivity index (χ4n) is 3.17. The molecular weight excluding hydrogens is 288 g/mol. The molecule has 1 aromatic carbocycles. The molecule has 4 nitrogen and oxygen atoms in total. The molecule has 4 heteroatoms. The van der Waals surface area contributed by atoms with Crippen molar-refractivity contribution >= 4 is 5.97 Å². The minimum Gasteiger partial charge on any atom is -0.468 e. The number of rotatable bonds is 4. The quantitative estimate of drug-likeness (QED) is 0.867. The van der Waals surface area contributed by atoms with Crippen LogP contribution in [0.3, 0.4) is 0 Å². The fourth-order valence-corrected chi connectivity index (χ4v) is 3.17. The van der Waals surface area contributed by atoms with E-state index in [4.69, 9.17) is 10.5 Å². The highest BCUT2D eigenvalue weighted by Crippen LogP contribution is 2.24. The number of methoxy groups -OCH3 is 1. The van der Waals surface area contributed by atoms with E-state index in [-0.39, 0.29) is 17.3 Å². The molecule has 23 heavy (non-hydrogen) atoms. The zero-order chi connectivity index (χ0) is 17.0. The summed E-state index contributed by atoms with van der Waals surface area (Å²) in [5, 5.41) is 0. The van der Waals surface area contributed by atoms with Crippen molar-refractivity contribution in [1.29, 1.82) is 0 Å². The van der Waals surface area contributed by atoms with Crippen molar-refractivity contribution in [2.45, 2.75) is 51.6 Å². The highest BCUT2D eigenvalue weighted by Gasteiger charge is 2.29. The summed E-state index contributed by atoms with van der Waals surface area (Å²) in [5.41, 5.74) is 8.87. The Kier molecular flexibility index (Phi) is 5.82. The van der Waals surface area contributed by atoms with E-state index < -0.39 is 6.04 Å². The summed E-state index contributed by atoms with van der Waals surface area (Å²) in [4.78, 5) is 14.0. The Hall–Kier alpha value is -1.39. The van der Waals surface area contributed by atoms with Crippen LogP contribution < -0.4 is 5.73 Å². The topological polar surface area (TPSA) is 55.6 Å². The first-order valence-electron chi connectivity index (χ1n) is 8.46. The van der Waals surface area contributed by atoms with Gasteiger partial charge in [0.05, 0.1) is 7.11 Å². The van der Waals surface area contributed by atoms with E-state index >= 15 is 0 Å². The zero-order valence-corrected chi connectivity index (χ0v) is 14.8. The second-order valence-corrected chi connectivity index (χ2v) is 7.61. The molecule has 2 N–H and O–H groups in total. The Labute approximate surface area is 140 Å². The first-order chi connectivity index (χ1) is 10.8. The molecule has 1 fully saturated rings. The lowest BCUT2D eigenvalue weighted by Crippen LogP contribution is -2.45. The van der Waals surface area contributed by atoms with Gasteiger partial charge in [-0.1, -0.05) is 45.0 Å². The summed E-state index contributed by atoms with van der Waals surface area (Å²) < 4.78 is 4.75. The van der Waals surface area contributed by atoms with Gasteiger partial charge in [-0.05, 0) is 48.4 Å². The average Bonchev–Trinajstić information content (AvgIpc) is 2.54. The summed E-state index contributed by atoms with van der Waals surface area (Å²) in [5.74, 6) is -0.0526. The number of benzene rings is 1. The minimum absolute atomic E-state index is 0.195. The van der Waals surface area contributed by atoms with Crippen molar-refractivity contribution < 1.29 is 9.53 Å². The van der Waals surface area contributed by atoms with Crippen LogP contribution in [0.25, 0.3) is 0 Å². The first-order valence-corrected chi connectivity index (χ1v) is 8.46. The predicted molar refractivity (Wildman–Crippen MR) is 93.1 cm³/mol. The SMILES string of the molecule is COC(=O)C(N)C1CCN(Cc2ccc(C(C)(C)C)cc2)CC1. The van der Waals surface area contributed by atoms with Gasteiger partial charge >= 0.3 is 5.97 Å². The molecule has 0 bridgehead atoms. The van der Waals surface area contributed by atoms with Gasteiger partial charge in [-0.2, -0.15) is 0 Å². The van der Waals surface area contributed by atoms with Gasteiger partial charge < -0.3 is 10.5 Å². The standard InChI is InChI=1S/C19H30N2O2/c1-19(2,3)16-7-5-14(6-8-16)13-21-11-9-15(10-12-21)17(20)18(22)23-4/h5-8,15,17H,9-13,20H2,1-4H3. The number of hydrogen-bond acceptors (Lipinski definition) is 4. The van der Waals surface area contributed by atoms with Crippen LogP contribution in [-0.2, 0) is 21.5 Å². The molecule has 128 valence electrons. The Balaban J connectivity index is 1.86. The highest BCUT2D eigenvalue weighted by molar-refractivity contribution is 5.75. The van der Waals surface area contributed by atoms with E-state index in [0.717, 1.165) is 32.5 Å². The Bertz CT molecular complexity index is 511. The number of carbonyl (C=O) groups is 1. The normalized spacial score (nSPS) is 18.7. The molecule has 1 atom stereocenters. The van der Waals surface area contributed by atoms with E-state index in [0.29, 0.717) is 0 Å². The van der Waals surface area contributed by atoms with E-state index in [1.165, 1.54) is 18.2 Å². The summed E-state index contributed by atoms with van der Waals surface area (Å²) in [6.45, 7) is 9.63. The third kappa shape index (κ3) is 4.79. The third-order valence-corrected chi connectivity index (χ3v) is 4.84. The van der Waals surface area contributed by atoms with Gasteiger partial charge in [0.25, 0.3) is 0 Å². The molecular formula is C19H30N2O2. The second-order valence-electron chi connectivity index (χ2n) is 7.61. The lowest BCUT2D eigenvalue weighted by atomic mass is 9.86. The number of esters is 1. The maximum Gasteiger partial charge on any atom is 0.322 e. The van der Waals surface area contributed by atoms with Gasteiger partial charge in [0.15, 0.2) is 0 Å². The fraction of sp³-hybridized carbons (Fsp3) is 0.632.